The molecule has 1 heterocycles. The van der Waals surface area contributed by atoms with E-state index in [1.54, 1.807) is 0 Å². The molecule has 2 N–H and O–H groups in total. The molecule has 2 atom stereocenters. The Morgan fingerprint density at radius 1 is 1.25 bits per heavy atom. The van der Waals surface area contributed by atoms with Crippen molar-refractivity contribution in [3.05, 3.63) is 35.4 Å². The summed E-state index contributed by atoms with van der Waals surface area (Å²) in [7, 11) is 1.84. The molecule has 0 aromatic heterocycles. The maximum absolute atomic E-state index is 5.89. The summed E-state index contributed by atoms with van der Waals surface area (Å²) in [5.74, 6) is 1.48. The quantitative estimate of drug-likeness (QED) is 0.351. The minimum absolute atomic E-state index is 0. The van der Waals surface area contributed by atoms with E-state index in [-0.39, 0.29) is 29.6 Å². The predicted octanol–water partition coefficient (Wildman–Crippen LogP) is 4.01. The fraction of sp³-hybridized carbons (Fsp3) is 0.682. The van der Waals surface area contributed by atoms with Crippen LogP contribution in [-0.2, 0) is 17.9 Å². The second-order valence-electron chi connectivity index (χ2n) is 8.92. The number of halogens is 1. The second-order valence-corrected chi connectivity index (χ2v) is 8.92. The van der Waals surface area contributed by atoms with E-state index < -0.39 is 0 Å². The molecule has 1 aromatic rings. The van der Waals surface area contributed by atoms with E-state index >= 15 is 0 Å². The number of hydrogen-bond acceptors (Lipinski definition) is 3. The first-order valence-electron chi connectivity index (χ1n) is 10.1. The number of ether oxygens (including phenoxy) is 1. The van der Waals surface area contributed by atoms with Crippen molar-refractivity contribution in [1.29, 1.82) is 0 Å². The van der Waals surface area contributed by atoms with Crippen LogP contribution in [0.2, 0.25) is 0 Å². The maximum Gasteiger partial charge on any atom is 0.191 e. The van der Waals surface area contributed by atoms with Gasteiger partial charge in [-0.05, 0) is 51.7 Å². The average Bonchev–Trinajstić information content (AvgIpc) is 2.97. The number of nitrogens with zero attached hydrogens (tertiary/aromatic N) is 2. The smallest absolute Gasteiger partial charge is 0.191 e. The summed E-state index contributed by atoms with van der Waals surface area (Å²) < 4.78 is 5.89. The van der Waals surface area contributed by atoms with E-state index in [0.29, 0.717) is 24.6 Å². The molecule has 2 unspecified atom stereocenters. The third-order valence-corrected chi connectivity index (χ3v) is 5.04. The lowest BCUT2D eigenvalue weighted by Gasteiger charge is -2.22. The zero-order valence-corrected chi connectivity index (χ0v) is 20.9. The molecule has 0 radical (unpaired) electrons. The van der Waals surface area contributed by atoms with E-state index in [0.717, 1.165) is 25.6 Å². The summed E-state index contributed by atoms with van der Waals surface area (Å²) in [6.45, 7) is 16.7. The molecule has 0 bridgehead atoms. The molecule has 1 aliphatic heterocycles. The highest BCUT2D eigenvalue weighted by Gasteiger charge is 2.31. The molecule has 2 rings (SSSR count). The van der Waals surface area contributed by atoms with Crippen molar-refractivity contribution in [2.75, 3.05) is 20.1 Å². The van der Waals surface area contributed by atoms with Crippen molar-refractivity contribution >= 4 is 29.9 Å². The Kier molecular flexibility index (Phi) is 10.2. The van der Waals surface area contributed by atoms with Gasteiger partial charge in [0.1, 0.15) is 0 Å². The fourth-order valence-corrected chi connectivity index (χ4v) is 3.30. The Labute approximate surface area is 188 Å². The molecular formula is C22H39IN4O. The number of benzene rings is 1. The highest BCUT2D eigenvalue weighted by molar-refractivity contribution is 14.0. The Hall–Kier alpha value is -0.860. The lowest BCUT2D eigenvalue weighted by atomic mass is 10.1. The van der Waals surface area contributed by atoms with E-state index in [1.807, 2.05) is 7.05 Å². The van der Waals surface area contributed by atoms with Crippen molar-refractivity contribution in [3.8, 4) is 0 Å². The predicted molar refractivity (Wildman–Crippen MR) is 129 cm³/mol. The SMILES string of the molecule is CN=C(NCc1cccc(COC(C)(C)C)c1)NC1CN(C(C)C)CC1C.I. The number of hydrogen-bond donors (Lipinski definition) is 2. The van der Waals surface area contributed by atoms with Gasteiger partial charge in [-0.3, -0.25) is 9.89 Å². The van der Waals surface area contributed by atoms with Gasteiger partial charge in [-0.25, -0.2) is 0 Å². The van der Waals surface area contributed by atoms with Gasteiger partial charge in [0.15, 0.2) is 5.96 Å². The molecule has 1 aliphatic rings. The summed E-state index contributed by atoms with van der Waals surface area (Å²) >= 11 is 0. The van der Waals surface area contributed by atoms with Gasteiger partial charge in [-0.2, -0.15) is 0 Å². The van der Waals surface area contributed by atoms with Gasteiger partial charge in [-0.1, -0.05) is 31.2 Å². The zero-order chi connectivity index (χ0) is 20.0. The van der Waals surface area contributed by atoms with Gasteiger partial charge in [0.2, 0.25) is 0 Å². The summed E-state index contributed by atoms with van der Waals surface area (Å²) in [5, 5.41) is 7.06. The van der Waals surface area contributed by atoms with Crippen molar-refractivity contribution in [3.63, 3.8) is 0 Å². The summed E-state index contributed by atoms with van der Waals surface area (Å²) in [4.78, 5) is 6.94. The third-order valence-electron chi connectivity index (χ3n) is 5.04. The van der Waals surface area contributed by atoms with Crippen LogP contribution >= 0.6 is 24.0 Å². The van der Waals surface area contributed by atoms with Gasteiger partial charge >= 0.3 is 0 Å². The molecule has 0 spiro atoms. The molecule has 0 amide bonds. The second kappa shape index (κ2) is 11.4. The van der Waals surface area contributed by atoms with Crippen LogP contribution in [0.3, 0.4) is 0 Å². The number of likely N-dealkylation sites (tertiary alicyclic amines) is 1. The molecule has 160 valence electrons. The number of nitrogens with one attached hydrogen (secondary N) is 2. The minimum atomic E-state index is -0.123. The Morgan fingerprint density at radius 2 is 1.93 bits per heavy atom. The van der Waals surface area contributed by atoms with Crippen molar-refractivity contribution in [2.24, 2.45) is 10.9 Å². The van der Waals surface area contributed by atoms with E-state index in [4.69, 9.17) is 4.74 Å². The summed E-state index contributed by atoms with van der Waals surface area (Å²) in [5.41, 5.74) is 2.31. The third kappa shape index (κ3) is 8.25. The van der Waals surface area contributed by atoms with Gasteiger partial charge in [0.25, 0.3) is 0 Å². The normalized spacial score (nSPS) is 20.9. The van der Waals surface area contributed by atoms with Crippen molar-refractivity contribution in [1.82, 2.24) is 15.5 Å². The van der Waals surface area contributed by atoms with Gasteiger partial charge in [0.05, 0.1) is 12.2 Å². The highest BCUT2D eigenvalue weighted by atomic mass is 127. The van der Waals surface area contributed by atoms with E-state index in [1.165, 1.54) is 11.1 Å². The highest BCUT2D eigenvalue weighted by Crippen LogP contribution is 2.18. The van der Waals surface area contributed by atoms with Gasteiger partial charge < -0.3 is 15.4 Å². The molecule has 1 aromatic carbocycles. The lowest BCUT2D eigenvalue weighted by molar-refractivity contribution is -0.0149. The number of aliphatic imine (C=N–C) groups is 1. The van der Waals surface area contributed by atoms with Gasteiger partial charge in [-0.15, -0.1) is 24.0 Å². The standard InChI is InChI=1S/C22H38N4O.HI/c1-16(2)26-13-17(3)20(14-26)25-21(23-7)24-12-18-9-8-10-19(11-18)15-27-22(4,5)6;/h8-11,16-17,20H,12-15H2,1-7H3,(H2,23,24,25);1H. The molecule has 1 fully saturated rings. The molecule has 5 nitrogen and oxygen atoms in total. The molecular weight excluding hydrogens is 463 g/mol. The molecule has 0 aliphatic carbocycles. The van der Waals surface area contributed by atoms with Crippen LogP contribution < -0.4 is 10.6 Å². The summed E-state index contributed by atoms with van der Waals surface area (Å²) in [6, 6.07) is 9.57. The van der Waals surface area contributed by atoms with Crippen LogP contribution in [0.4, 0.5) is 0 Å². The first-order valence-corrected chi connectivity index (χ1v) is 10.1. The van der Waals surface area contributed by atoms with Crippen LogP contribution in [0.5, 0.6) is 0 Å². The Morgan fingerprint density at radius 3 is 2.50 bits per heavy atom. The average molecular weight is 502 g/mol. The molecule has 28 heavy (non-hydrogen) atoms. The number of guanidine groups is 1. The number of rotatable bonds is 6. The van der Waals surface area contributed by atoms with E-state index in [9.17, 15) is 0 Å². The van der Waals surface area contributed by atoms with Crippen LogP contribution in [0, 0.1) is 5.92 Å². The minimum Gasteiger partial charge on any atom is -0.371 e. The van der Waals surface area contributed by atoms with Crippen LogP contribution in [0.1, 0.15) is 52.7 Å². The molecule has 0 saturated carbocycles. The summed E-state index contributed by atoms with van der Waals surface area (Å²) in [6.07, 6.45) is 0. The van der Waals surface area contributed by atoms with Crippen molar-refractivity contribution < 1.29 is 4.74 Å². The monoisotopic (exact) mass is 502 g/mol. The lowest BCUT2D eigenvalue weighted by Crippen LogP contribution is -2.46. The first-order chi connectivity index (χ1) is 12.7. The van der Waals surface area contributed by atoms with Crippen LogP contribution in [0.15, 0.2) is 29.3 Å². The zero-order valence-electron chi connectivity index (χ0n) is 18.6. The largest absolute Gasteiger partial charge is 0.371 e. The fourth-order valence-electron chi connectivity index (χ4n) is 3.30. The Bertz CT molecular complexity index is 627. The Balaban J connectivity index is 0.00000392. The van der Waals surface area contributed by atoms with Crippen LogP contribution in [0.25, 0.3) is 0 Å². The topological polar surface area (TPSA) is 48.9 Å². The molecule has 1 saturated heterocycles. The first kappa shape index (κ1) is 25.2. The van der Waals surface area contributed by atoms with E-state index in [2.05, 4.69) is 86.3 Å². The maximum atomic E-state index is 5.89. The van der Waals surface area contributed by atoms with Crippen LogP contribution in [-0.4, -0.2) is 48.7 Å². The van der Waals surface area contributed by atoms with Crippen molar-refractivity contribution in [2.45, 2.75) is 72.4 Å². The molecule has 6 heteroatoms. The van der Waals surface area contributed by atoms with Gasteiger partial charge in [0, 0.05) is 38.8 Å².